The first kappa shape index (κ1) is 14.1. The first-order valence-electron chi connectivity index (χ1n) is 7.12. The van der Waals surface area contributed by atoms with Gasteiger partial charge in [-0.05, 0) is 23.9 Å². The van der Waals surface area contributed by atoms with Crippen LogP contribution in [0, 0.1) is 0 Å². The average Bonchev–Trinajstić information content (AvgIpc) is 2.70. The second-order valence-electron chi connectivity index (χ2n) is 6.55. The molecule has 0 aliphatic heterocycles. The predicted molar refractivity (Wildman–Crippen MR) is 81.8 cm³/mol. The summed E-state index contributed by atoms with van der Waals surface area (Å²) in [4.78, 5) is 0. The molecule has 2 heteroatoms. The zero-order valence-corrected chi connectivity index (χ0v) is 12.7. The molecular weight excluding hydrogens is 234 g/mol. The van der Waals surface area contributed by atoms with Crippen molar-refractivity contribution in [2.24, 2.45) is 0 Å². The van der Waals surface area contributed by atoms with Gasteiger partial charge in [0.1, 0.15) is 5.58 Å². The molecule has 1 N–H and O–H groups in total. The lowest BCUT2D eigenvalue weighted by atomic mass is 9.86. The van der Waals surface area contributed by atoms with Gasteiger partial charge in [0, 0.05) is 17.0 Å². The Hall–Kier alpha value is -1.28. The molecule has 1 aromatic heterocycles. The Bertz CT molecular complexity index is 546. The highest BCUT2D eigenvalue weighted by molar-refractivity contribution is 5.84. The molecule has 2 aromatic rings. The minimum Gasteiger partial charge on any atom is -0.464 e. The monoisotopic (exact) mass is 259 g/mol. The third-order valence-corrected chi connectivity index (χ3v) is 3.43. The molecule has 1 heterocycles. The number of hydrogen-bond donors (Lipinski definition) is 1. The van der Waals surface area contributed by atoms with Crippen LogP contribution in [0.15, 0.2) is 28.9 Å². The minimum absolute atomic E-state index is 0.116. The number of fused-ring (bicyclic) bond motifs is 1. The molecule has 0 aliphatic carbocycles. The highest BCUT2D eigenvalue weighted by Gasteiger charge is 2.19. The van der Waals surface area contributed by atoms with E-state index in [0.29, 0.717) is 6.04 Å². The van der Waals surface area contributed by atoms with Crippen LogP contribution < -0.4 is 5.32 Å². The van der Waals surface area contributed by atoms with Crippen LogP contribution in [0.25, 0.3) is 11.0 Å². The van der Waals surface area contributed by atoms with Gasteiger partial charge in [-0.15, -0.1) is 0 Å². The van der Waals surface area contributed by atoms with Crippen molar-refractivity contribution >= 4 is 11.0 Å². The molecule has 0 saturated carbocycles. The van der Waals surface area contributed by atoms with E-state index in [4.69, 9.17) is 4.42 Å². The van der Waals surface area contributed by atoms with E-state index in [-0.39, 0.29) is 5.41 Å². The average molecular weight is 259 g/mol. The van der Waals surface area contributed by atoms with Crippen LogP contribution in [-0.4, -0.2) is 12.6 Å². The van der Waals surface area contributed by atoms with Crippen LogP contribution >= 0.6 is 0 Å². The van der Waals surface area contributed by atoms with Gasteiger partial charge in [-0.2, -0.15) is 0 Å². The van der Waals surface area contributed by atoms with Crippen molar-refractivity contribution in [3.8, 4) is 0 Å². The third kappa shape index (κ3) is 3.19. The second-order valence-corrected chi connectivity index (χ2v) is 6.55. The van der Waals surface area contributed by atoms with Gasteiger partial charge in [0.25, 0.3) is 0 Å². The number of nitrogens with one attached hydrogen (secondary N) is 1. The number of para-hydroxylation sites is 1. The Morgan fingerprint density at radius 3 is 2.58 bits per heavy atom. The Morgan fingerprint density at radius 1 is 1.21 bits per heavy atom. The number of rotatable bonds is 4. The van der Waals surface area contributed by atoms with Crippen LogP contribution in [0.5, 0.6) is 0 Å². The summed E-state index contributed by atoms with van der Waals surface area (Å²) in [6.07, 6.45) is 2.93. The Kier molecular flexibility index (Phi) is 4.00. The van der Waals surface area contributed by atoms with Gasteiger partial charge in [0.05, 0.1) is 6.26 Å². The van der Waals surface area contributed by atoms with E-state index in [1.165, 1.54) is 16.5 Å². The van der Waals surface area contributed by atoms with E-state index in [0.717, 1.165) is 18.5 Å². The smallest absolute Gasteiger partial charge is 0.137 e. The van der Waals surface area contributed by atoms with Crippen molar-refractivity contribution in [2.45, 2.75) is 52.5 Å². The largest absolute Gasteiger partial charge is 0.464 e. The maximum Gasteiger partial charge on any atom is 0.137 e. The summed E-state index contributed by atoms with van der Waals surface area (Å²) in [6, 6.07) is 7.00. The highest BCUT2D eigenvalue weighted by atomic mass is 16.3. The van der Waals surface area contributed by atoms with Crippen molar-refractivity contribution < 1.29 is 4.42 Å². The molecule has 0 amide bonds. The first-order valence-corrected chi connectivity index (χ1v) is 7.12. The lowest BCUT2D eigenvalue weighted by molar-refractivity contribution is 0.554. The van der Waals surface area contributed by atoms with Gasteiger partial charge in [-0.25, -0.2) is 0 Å². The first-order chi connectivity index (χ1) is 8.89. The van der Waals surface area contributed by atoms with Gasteiger partial charge in [0.15, 0.2) is 0 Å². The summed E-state index contributed by atoms with van der Waals surface area (Å²) < 4.78 is 5.84. The number of furan rings is 1. The lowest BCUT2D eigenvalue weighted by Crippen LogP contribution is -2.24. The van der Waals surface area contributed by atoms with Crippen LogP contribution in [0.3, 0.4) is 0 Å². The fraction of sp³-hybridized carbons (Fsp3) is 0.529. The SMILES string of the molecule is CC(C)NCCc1coc2c(C(C)(C)C)cccc12. The van der Waals surface area contributed by atoms with Crippen molar-refractivity contribution in [1.82, 2.24) is 5.32 Å². The maximum atomic E-state index is 5.84. The molecule has 0 atom stereocenters. The van der Waals surface area contributed by atoms with Crippen LogP contribution in [-0.2, 0) is 11.8 Å². The minimum atomic E-state index is 0.116. The van der Waals surface area contributed by atoms with Crippen LogP contribution in [0.1, 0.15) is 45.7 Å². The molecule has 0 radical (unpaired) electrons. The summed E-state index contributed by atoms with van der Waals surface area (Å²) in [6.45, 7) is 12.0. The van der Waals surface area contributed by atoms with Gasteiger partial charge in [-0.1, -0.05) is 52.8 Å². The van der Waals surface area contributed by atoms with Crippen molar-refractivity contribution in [3.05, 3.63) is 35.6 Å². The molecule has 0 spiro atoms. The molecule has 0 fully saturated rings. The molecule has 19 heavy (non-hydrogen) atoms. The van der Waals surface area contributed by atoms with Crippen molar-refractivity contribution in [2.75, 3.05) is 6.54 Å². The fourth-order valence-corrected chi connectivity index (χ4v) is 2.39. The van der Waals surface area contributed by atoms with E-state index < -0.39 is 0 Å². The molecule has 0 aliphatic rings. The molecule has 0 bridgehead atoms. The summed E-state index contributed by atoms with van der Waals surface area (Å²) in [5.41, 5.74) is 3.75. The van der Waals surface area contributed by atoms with Crippen molar-refractivity contribution in [3.63, 3.8) is 0 Å². The summed E-state index contributed by atoms with van der Waals surface area (Å²) in [5.74, 6) is 0. The molecule has 2 rings (SSSR count). The molecular formula is C17H25NO. The molecule has 2 nitrogen and oxygen atoms in total. The molecule has 104 valence electrons. The van der Waals surface area contributed by atoms with E-state index >= 15 is 0 Å². The Labute approximate surface area is 116 Å². The highest BCUT2D eigenvalue weighted by Crippen LogP contribution is 2.32. The standard InChI is InChI=1S/C17H25NO/c1-12(2)18-10-9-13-11-19-16-14(13)7-6-8-15(16)17(3,4)5/h6-8,11-12,18H,9-10H2,1-5H3. The summed E-state index contributed by atoms with van der Waals surface area (Å²) in [5, 5.41) is 4.71. The quantitative estimate of drug-likeness (QED) is 0.887. The molecule has 1 aromatic carbocycles. The predicted octanol–water partition coefficient (Wildman–Crippen LogP) is 4.27. The van der Waals surface area contributed by atoms with Gasteiger partial charge < -0.3 is 9.73 Å². The second kappa shape index (κ2) is 5.38. The van der Waals surface area contributed by atoms with E-state index in [1.54, 1.807) is 0 Å². The zero-order chi connectivity index (χ0) is 14.0. The van der Waals surface area contributed by atoms with Crippen LogP contribution in [0.4, 0.5) is 0 Å². The molecule has 0 saturated heterocycles. The third-order valence-electron chi connectivity index (χ3n) is 3.43. The van der Waals surface area contributed by atoms with Gasteiger partial charge >= 0.3 is 0 Å². The van der Waals surface area contributed by atoms with Crippen molar-refractivity contribution in [1.29, 1.82) is 0 Å². The fourth-order valence-electron chi connectivity index (χ4n) is 2.39. The summed E-state index contributed by atoms with van der Waals surface area (Å²) >= 11 is 0. The normalized spacial score (nSPS) is 12.5. The topological polar surface area (TPSA) is 25.2 Å². The Balaban J connectivity index is 2.29. The number of hydrogen-bond acceptors (Lipinski definition) is 2. The van der Waals surface area contributed by atoms with E-state index in [9.17, 15) is 0 Å². The van der Waals surface area contributed by atoms with Gasteiger partial charge in [-0.3, -0.25) is 0 Å². The lowest BCUT2D eigenvalue weighted by Gasteiger charge is -2.18. The van der Waals surface area contributed by atoms with E-state index in [2.05, 4.69) is 58.1 Å². The summed E-state index contributed by atoms with van der Waals surface area (Å²) in [7, 11) is 0. The Morgan fingerprint density at radius 2 is 1.95 bits per heavy atom. The molecule has 0 unspecified atom stereocenters. The van der Waals surface area contributed by atoms with Gasteiger partial charge in [0.2, 0.25) is 0 Å². The van der Waals surface area contributed by atoms with Crippen LogP contribution in [0.2, 0.25) is 0 Å². The maximum absolute atomic E-state index is 5.84. The number of benzene rings is 1. The van der Waals surface area contributed by atoms with E-state index in [1.807, 2.05) is 6.26 Å². The zero-order valence-electron chi connectivity index (χ0n) is 12.7.